The molecule has 0 bridgehead atoms. The number of ether oxygens (including phenoxy) is 1. The highest BCUT2D eigenvalue weighted by atomic mass is 16.6. The average molecular weight is 426 g/mol. The van der Waals surface area contributed by atoms with E-state index in [0.717, 1.165) is 25.9 Å². The predicted octanol–water partition coefficient (Wildman–Crippen LogP) is 2.78. The highest BCUT2D eigenvalue weighted by molar-refractivity contribution is 6.06. The number of rotatable bonds is 8. The van der Waals surface area contributed by atoms with Crippen LogP contribution in [0.1, 0.15) is 23.2 Å². The van der Waals surface area contributed by atoms with Gasteiger partial charge in [-0.15, -0.1) is 0 Å². The number of nitrogen functional groups attached to an aromatic ring is 1. The molecule has 0 aromatic heterocycles. The third kappa shape index (κ3) is 6.44. The number of para-hydroxylation sites is 2. The van der Waals surface area contributed by atoms with Crippen LogP contribution in [0.15, 0.2) is 48.5 Å². The van der Waals surface area contributed by atoms with Crippen molar-refractivity contribution in [3.63, 3.8) is 0 Å². The smallest absolute Gasteiger partial charge is 0.414 e. The Hall–Kier alpha value is -3.10. The van der Waals surface area contributed by atoms with E-state index < -0.39 is 0 Å². The van der Waals surface area contributed by atoms with E-state index in [9.17, 15) is 9.59 Å². The first-order valence-corrected chi connectivity index (χ1v) is 10.5. The molecule has 8 heteroatoms. The molecule has 4 N–H and O–H groups in total. The van der Waals surface area contributed by atoms with E-state index >= 15 is 0 Å². The molecule has 1 saturated heterocycles. The van der Waals surface area contributed by atoms with Gasteiger partial charge in [0, 0.05) is 24.3 Å². The molecule has 8 nitrogen and oxygen atoms in total. The van der Waals surface area contributed by atoms with E-state index in [1.807, 2.05) is 26.2 Å². The average Bonchev–Trinajstić information content (AvgIpc) is 3.26. The summed E-state index contributed by atoms with van der Waals surface area (Å²) in [6, 6.07) is 14.1. The first kappa shape index (κ1) is 22.6. The van der Waals surface area contributed by atoms with Crippen LogP contribution in [-0.4, -0.2) is 63.3 Å². The third-order valence-electron chi connectivity index (χ3n) is 5.14. The Balaban J connectivity index is 1.70. The Morgan fingerprint density at radius 2 is 1.87 bits per heavy atom. The molecule has 1 atom stereocenters. The fourth-order valence-electron chi connectivity index (χ4n) is 3.40. The van der Waals surface area contributed by atoms with Crippen LogP contribution in [0.4, 0.5) is 21.9 Å². The number of amides is 2. The van der Waals surface area contributed by atoms with Gasteiger partial charge in [-0.05, 0) is 76.4 Å². The molecule has 0 aliphatic carbocycles. The van der Waals surface area contributed by atoms with Crippen molar-refractivity contribution in [3.05, 3.63) is 54.1 Å². The molecule has 0 unspecified atom stereocenters. The molecule has 1 aliphatic rings. The van der Waals surface area contributed by atoms with Crippen molar-refractivity contribution in [2.45, 2.75) is 18.9 Å². The molecule has 0 saturated carbocycles. The van der Waals surface area contributed by atoms with Crippen molar-refractivity contribution in [2.75, 3.05) is 56.2 Å². The highest BCUT2D eigenvalue weighted by Crippen LogP contribution is 2.21. The lowest BCUT2D eigenvalue weighted by Gasteiger charge is -2.25. The van der Waals surface area contributed by atoms with Gasteiger partial charge in [0.1, 0.15) is 6.10 Å². The molecule has 2 amide bonds. The van der Waals surface area contributed by atoms with Crippen molar-refractivity contribution in [3.8, 4) is 0 Å². The fourth-order valence-corrected chi connectivity index (χ4v) is 3.40. The van der Waals surface area contributed by atoms with Crippen molar-refractivity contribution in [1.29, 1.82) is 0 Å². The minimum absolute atomic E-state index is 0.106. The first-order valence-electron chi connectivity index (χ1n) is 10.5. The summed E-state index contributed by atoms with van der Waals surface area (Å²) in [5.74, 6) is -0.261. The van der Waals surface area contributed by atoms with E-state index in [4.69, 9.17) is 10.5 Å². The maximum absolute atomic E-state index is 12.8. The second kappa shape index (κ2) is 10.8. The van der Waals surface area contributed by atoms with E-state index in [1.54, 1.807) is 41.3 Å². The molecule has 166 valence electrons. The van der Waals surface area contributed by atoms with Crippen molar-refractivity contribution >= 4 is 29.1 Å². The number of nitrogens with two attached hydrogens (primary N) is 1. The second-order valence-corrected chi connectivity index (χ2v) is 7.90. The Morgan fingerprint density at radius 3 is 2.52 bits per heavy atom. The lowest BCUT2D eigenvalue weighted by atomic mass is 10.1. The van der Waals surface area contributed by atoms with Crippen molar-refractivity contribution in [1.82, 2.24) is 10.2 Å². The number of benzene rings is 2. The second-order valence-electron chi connectivity index (χ2n) is 7.90. The molecule has 3 rings (SSSR count). The Kier molecular flexibility index (Phi) is 7.86. The van der Waals surface area contributed by atoms with E-state index in [-0.39, 0.29) is 18.1 Å². The zero-order valence-corrected chi connectivity index (χ0v) is 18.1. The summed E-state index contributed by atoms with van der Waals surface area (Å²) >= 11 is 0. The van der Waals surface area contributed by atoms with Gasteiger partial charge < -0.3 is 26.0 Å². The van der Waals surface area contributed by atoms with Crippen LogP contribution in [-0.2, 0) is 4.74 Å². The van der Waals surface area contributed by atoms with E-state index in [2.05, 4.69) is 15.5 Å². The van der Waals surface area contributed by atoms with Gasteiger partial charge in [-0.3, -0.25) is 9.69 Å². The first-order chi connectivity index (χ1) is 14.9. The minimum Gasteiger partial charge on any atom is -0.444 e. The summed E-state index contributed by atoms with van der Waals surface area (Å²) in [6.45, 7) is 2.92. The molecule has 31 heavy (non-hydrogen) atoms. The number of nitrogens with one attached hydrogen (secondary N) is 2. The summed E-state index contributed by atoms with van der Waals surface area (Å²) in [5, 5.41) is 6.01. The molecule has 0 spiro atoms. The maximum Gasteiger partial charge on any atom is 0.414 e. The van der Waals surface area contributed by atoms with E-state index in [1.165, 1.54) is 0 Å². The monoisotopic (exact) mass is 425 g/mol. The predicted molar refractivity (Wildman–Crippen MR) is 124 cm³/mol. The van der Waals surface area contributed by atoms with Gasteiger partial charge in [-0.25, -0.2) is 4.79 Å². The number of hydrogen-bond acceptors (Lipinski definition) is 6. The molecule has 1 fully saturated rings. The standard InChI is InChI=1S/C23H31N5O3/c1-27(2)14-5-15-28(23(30)31-19-12-13-25-16-19)18-10-8-17(9-11-18)22(29)26-21-7-4-3-6-20(21)24/h3-4,6-11,19,25H,5,12-16,24H2,1-2H3,(H,26,29)/t19-/m0/s1. The normalized spacial score (nSPS) is 15.6. The SMILES string of the molecule is CN(C)CCCN(C(=O)O[C@H]1CCNC1)c1ccc(C(=O)Nc2ccccc2N)cc1. The lowest BCUT2D eigenvalue weighted by Crippen LogP contribution is -2.36. The zero-order valence-electron chi connectivity index (χ0n) is 18.1. The van der Waals surface area contributed by atoms with Gasteiger partial charge in [-0.2, -0.15) is 0 Å². The minimum atomic E-state index is -0.360. The van der Waals surface area contributed by atoms with Crippen LogP contribution in [0, 0.1) is 0 Å². The van der Waals surface area contributed by atoms with E-state index in [0.29, 0.717) is 35.7 Å². The lowest BCUT2D eigenvalue weighted by molar-refractivity contribution is 0.102. The van der Waals surface area contributed by atoms with Crippen LogP contribution in [0.3, 0.4) is 0 Å². The molecular weight excluding hydrogens is 394 g/mol. The fraction of sp³-hybridized carbons (Fsp3) is 0.391. The summed E-state index contributed by atoms with van der Waals surface area (Å²) < 4.78 is 5.67. The molecule has 1 aliphatic heterocycles. The number of carbonyl (C=O) groups excluding carboxylic acids is 2. The number of anilines is 3. The van der Waals surface area contributed by atoms with Gasteiger partial charge in [0.15, 0.2) is 0 Å². The van der Waals surface area contributed by atoms with Crippen LogP contribution < -0.4 is 21.3 Å². The summed E-state index contributed by atoms with van der Waals surface area (Å²) in [7, 11) is 4.00. The third-order valence-corrected chi connectivity index (χ3v) is 5.14. The Bertz CT molecular complexity index is 879. The van der Waals surface area contributed by atoms with Gasteiger partial charge in [0.25, 0.3) is 5.91 Å². The van der Waals surface area contributed by atoms with Crippen molar-refractivity contribution in [2.24, 2.45) is 0 Å². The van der Waals surface area contributed by atoms with Crippen LogP contribution in [0.2, 0.25) is 0 Å². The number of carbonyl (C=O) groups is 2. The van der Waals surface area contributed by atoms with Gasteiger partial charge in [0.05, 0.1) is 11.4 Å². The van der Waals surface area contributed by atoms with Crippen molar-refractivity contribution < 1.29 is 14.3 Å². The summed E-state index contributed by atoms with van der Waals surface area (Å²) in [4.78, 5) is 29.1. The Morgan fingerprint density at radius 1 is 1.13 bits per heavy atom. The van der Waals surface area contributed by atoms with Crippen LogP contribution in [0.5, 0.6) is 0 Å². The van der Waals surface area contributed by atoms with Gasteiger partial charge >= 0.3 is 6.09 Å². The summed E-state index contributed by atoms with van der Waals surface area (Å²) in [6.07, 6.45) is 1.16. The quantitative estimate of drug-likeness (QED) is 0.563. The van der Waals surface area contributed by atoms with Gasteiger partial charge in [-0.1, -0.05) is 12.1 Å². The number of nitrogens with zero attached hydrogens (tertiary/aromatic N) is 2. The highest BCUT2D eigenvalue weighted by Gasteiger charge is 2.24. The summed E-state index contributed by atoms with van der Waals surface area (Å²) in [5.41, 5.74) is 8.15. The zero-order chi connectivity index (χ0) is 22.2. The maximum atomic E-state index is 12.8. The molecule has 0 radical (unpaired) electrons. The molecular formula is C23H31N5O3. The Labute approximate surface area is 183 Å². The topological polar surface area (TPSA) is 99.9 Å². The molecule has 2 aromatic rings. The largest absolute Gasteiger partial charge is 0.444 e. The molecule has 1 heterocycles. The van der Waals surface area contributed by atoms with Crippen LogP contribution in [0.25, 0.3) is 0 Å². The van der Waals surface area contributed by atoms with Crippen LogP contribution >= 0.6 is 0 Å². The number of hydrogen-bond donors (Lipinski definition) is 3. The molecule has 2 aromatic carbocycles. The van der Waals surface area contributed by atoms with Gasteiger partial charge in [0.2, 0.25) is 0 Å².